The Kier molecular flexibility index (Phi) is 4.93. The lowest BCUT2D eigenvalue weighted by Gasteiger charge is -2.43. The first-order valence-corrected chi connectivity index (χ1v) is 9.44. The lowest BCUT2D eigenvalue weighted by molar-refractivity contribution is 0.0367. The summed E-state index contributed by atoms with van der Waals surface area (Å²) in [4.78, 5) is 6.58. The Hall–Kier alpha value is -1.62. The predicted octanol–water partition coefficient (Wildman–Crippen LogP) is 3.59. The van der Waals surface area contributed by atoms with Gasteiger partial charge in [0.25, 0.3) is 0 Å². The number of hydrogen-bond donors (Lipinski definition) is 1. The van der Waals surface area contributed by atoms with Gasteiger partial charge in [0.15, 0.2) is 0 Å². The van der Waals surface area contributed by atoms with Gasteiger partial charge in [0.1, 0.15) is 17.0 Å². The SMILES string of the molecule is N[C@H]1CCCN([C@H]2CCc3ccccc3[C@@H]2Oc2ccnc(Cl)c2)C1. The summed E-state index contributed by atoms with van der Waals surface area (Å²) in [7, 11) is 0. The zero-order valence-electron chi connectivity index (χ0n) is 14.3. The van der Waals surface area contributed by atoms with E-state index in [2.05, 4.69) is 34.1 Å². The van der Waals surface area contributed by atoms with Gasteiger partial charge in [0.2, 0.25) is 0 Å². The van der Waals surface area contributed by atoms with Crippen molar-refractivity contribution >= 4 is 11.6 Å². The molecule has 1 aliphatic carbocycles. The van der Waals surface area contributed by atoms with Crippen molar-refractivity contribution in [3.63, 3.8) is 0 Å². The summed E-state index contributed by atoms with van der Waals surface area (Å²) in [6.45, 7) is 2.04. The van der Waals surface area contributed by atoms with Gasteiger partial charge in [-0.05, 0) is 49.4 Å². The number of piperidine rings is 1. The van der Waals surface area contributed by atoms with Gasteiger partial charge in [0, 0.05) is 24.8 Å². The molecule has 2 aromatic rings. The van der Waals surface area contributed by atoms with Crippen molar-refractivity contribution in [3.05, 3.63) is 58.9 Å². The number of pyridine rings is 1. The Morgan fingerprint density at radius 3 is 2.92 bits per heavy atom. The molecule has 2 N–H and O–H groups in total. The summed E-state index contributed by atoms with van der Waals surface area (Å²) < 4.78 is 6.46. The Balaban J connectivity index is 1.65. The minimum absolute atomic E-state index is 0.00582. The maximum absolute atomic E-state index is 6.46. The average molecular weight is 358 g/mol. The maximum Gasteiger partial charge on any atom is 0.139 e. The van der Waals surface area contributed by atoms with Gasteiger partial charge >= 0.3 is 0 Å². The molecular weight excluding hydrogens is 334 g/mol. The molecule has 1 saturated heterocycles. The molecule has 2 heterocycles. The van der Waals surface area contributed by atoms with E-state index in [-0.39, 0.29) is 12.1 Å². The van der Waals surface area contributed by atoms with E-state index in [1.54, 1.807) is 12.3 Å². The third kappa shape index (κ3) is 3.66. The number of aryl methyl sites for hydroxylation is 1. The fourth-order valence-electron chi connectivity index (χ4n) is 4.16. The van der Waals surface area contributed by atoms with Crippen molar-refractivity contribution in [2.75, 3.05) is 13.1 Å². The van der Waals surface area contributed by atoms with E-state index in [9.17, 15) is 0 Å². The van der Waals surface area contributed by atoms with Crippen LogP contribution in [0.5, 0.6) is 5.75 Å². The topological polar surface area (TPSA) is 51.4 Å². The molecule has 0 saturated carbocycles. The molecule has 4 nitrogen and oxygen atoms in total. The van der Waals surface area contributed by atoms with Crippen LogP contribution in [0.4, 0.5) is 0 Å². The first-order valence-electron chi connectivity index (χ1n) is 9.06. The van der Waals surface area contributed by atoms with E-state index >= 15 is 0 Å². The fourth-order valence-corrected chi connectivity index (χ4v) is 4.33. The fraction of sp³-hybridized carbons (Fsp3) is 0.450. The third-order valence-electron chi connectivity index (χ3n) is 5.34. The summed E-state index contributed by atoms with van der Waals surface area (Å²) in [5.41, 5.74) is 8.90. The highest BCUT2D eigenvalue weighted by Crippen LogP contribution is 2.37. The van der Waals surface area contributed by atoms with Crippen LogP contribution >= 0.6 is 11.6 Å². The lowest BCUT2D eigenvalue weighted by Crippen LogP contribution is -2.51. The summed E-state index contributed by atoms with van der Waals surface area (Å²) >= 11 is 6.05. The van der Waals surface area contributed by atoms with Gasteiger partial charge < -0.3 is 10.5 Å². The quantitative estimate of drug-likeness (QED) is 0.853. The van der Waals surface area contributed by atoms with E-state index < -0.39 is 0 Å². The minimum Gasteiger partial charge on any atom is -0.484 e. The molecule has 25 heavy (non-hydrogen) atoms. The van der Waals surface area contributed by atoms with E-state index in [0.29, 0.717) is 11.2 Å². The van der Waals surface area contributed by atoms with Crippen molar-refractivity contribution in [1.29, 1.82) is 0 Å². The van der Waals surface area contributed by atoms with Gasteiger partial charge in [0.05, 0.1) is 6.04 Å². The highest BCUT2D eigenvalue weighted by molar-refractivity contribution is 6.29. The second kappa shape index (κ2) is 7.32. The van der Waals surface area contributed by atoms with Crippen molar-refractivity contribution in [2.24, 2.45) is 5.73 Å². The Morgan fingerprint density at radius 2 is 2.08 bits per heavy atom. The number of rotatable bonds is 3. The second-order valence-electron chi connectivity index (χ2n) is 7.05. The number of benzene rings is 1. The zero-order valence-corrected chi connectivity index (χ0v) is 15.0. The molecule has 0 radical (unpaired) electrons. The van der Waals surface area contributed by atoms with Crippen molar-refractivity contribution in [3.8, 4) is 5.75 Å². The van der Waals surface area contributed by atoms with Gasteiger partial charge in [-0.25, -0.2) is 4.98 Å². The number of nitrogens with zero attached hydrogens (tertiary/aromatic N) is 2. The first kappa shape index (κ1) is 16.8. The van der Waals surface area contributed by atoms with Gasteiger partial charge in [-0.1, -0.05) is 35.9 Å². The zero-order chi connectivity index (χ0) is 17.2. The number of fused-ring (bicyclic) bond motifs is 1. The number of ether oxygens (including phenoxy) is 1. The normalized spacial score (nSPS) is 26.9. The van der Waals surface area contributed by atoms with Crippen LogP contribution in [0.3, 0.4) is 0 Å². The van der Waals surface area contributed by atoms with E-state index in [4.69, 9.17) is 22.1 Å². The van der Waals surface area contributed by atoms with Crippen LogP contribution in [-0.2, 0) is 6.42 Å². The van der Waals surface area contributed by atoms with Gasteiger partial charge in [-0.3, -0.25) is 4.90 Å². The van der Waals surface area contributed by atoms with Gasteiger partial charge in [-0.15, -0.1) is 0 Å². The van der Waals surface area contributed by atoms with Gasteiger partial charge in [-0.2, -0.15) is 0 Å². The molecule has 5 heteroatoms. The van der Waals surface area contributed by atoms with Crippen molar-refractivity contribution in [2.45, 2.75) is 43.9 Å². The van der Waals surface area contributed by atoms with E-state index in [1.807, 2.05) is 6.07 Å². The summed E-state index contributed by atoms with van der Waals surface area (Å²) in [5, 5.41) is 0.457. The van der Waals surface area contributed by atoms with Crippen LogP contribution in [0.1, 0.15) is 36.5 Å². The largest absolute Gasteiger partial charge is 0.484 e. The molecule has 1 aromatic carbocycles. The molecular formula is C20H24ClN3O. The highest BCUT2D eigenvalue weighted by atomic mass is 35.5. The van der Waals surface area contributed by atoms with Crippen LogP contribution < -0.4 is 10.5 Å². The average Bonchev–Trinajstić information content (AvgIpc) is 2.62. The number of aromatic nitrogens is 1. The van der Waals surface area contributed by atoms with Crippen molar-refractivity contribution < 1.29 is 4.74 Å². The molecule has 0 unspecified atom stereocenters. The van der Waals surface area contributed by atoms with Crippen molar-refractivity contribution in [1.82, 2.24) is 9.88 Å². The molecule has 0 spiro atoms. The molecule has 0 amide bonds. The first-order chi connectivity index (χ1) is 12.2. The van der Waals surface area contributed by atoms with Crippen LogP contribution in [-0.4, -0.2) is 35.1 Å². The summed E-state index contributed by atoms with van der Waals surface area (Å²) in [5.74, 6) is 0.771. The molecule has 0 bridgehead atoms. The van der Waals surface area contributed by atoms with Crippen LogP contribution in [0.2, 0.25) is 5.15 Å². The van der Waals surface area contributed by atoms with E-state index in [0.717, 1.165) is 44.5 Å². The monoisotopic (exact) mass is 357 g/mol. The number of likely N-dealkylation sites (tertiary alicyclic amines) is 1. The highest BCUT2D eigenvalue weighted by Gasteiger charge is 2.36. The molecule has 1 aliphatic heterocycles. The molecule has 132 valence electrons. The second-order valence-corrected chi connectivity index (χ2v) is 7.44. The van der Waals surface area contributed by atoms with Crippen LogP contribution in [0.25, 0.3) is 0 Å². The van der Waals surface area contributed by atoms with Crippen LogP contribution in [0, 0.1) is 0 Å². The molecule has 1 aromatic heterocycles. The Morgan fingerprint density at radius 1 is 1.20 bits per heavy atom. The van der Waals surface area contributed by atoms with Crippen LogP contribution in [0.15, 0.2) is 42.6 Å². The number of halogens is 1. The number of hydrogen-bond acceptors (Lipinski definition) is 4. The molecule has 2 aliphatic rings. The minimum atomic E-state index is -0.00582. The lowest BCUT2D eigenvalue weighted by atomic mass is 9.84. The predicted molar refractivity (Wildman–Crippen MR) is 99.9 cm³/mol. The number of nitrogens with two attached hydrogens (primary N) is 1. The molecule has 1 fully saturated rings. The Labute approximate surface area is 153 Å². The van der Waals surface area contributed by atoms with E-state index in [1.165, 1.54) is 11.1 Å². The summed E-state index contributed by atoms with van der Waals surface area (Å²) in [6, 6.07) is 12.9. The smallest absolute Gasteiger partial charge is 0.139 e. The summed E-state index contributed by atoms with van der Waals surface area (Å²) in [6.07, 6.45) is 6.14. The third-order valence-corrected chi connectivity index (χ3v) is 5.55. The standard InChI is InChI=1S/C20H24ClN3O/c21-19-12-16(9-10-23-19)25-20-17-6-2-1-4-14(17)7-8-18(20)24-11-3-5-15(22)13-24/h1-2,4,6,9-10,12,15,18,20H,3,5,7-8,11,13,22H2/t15-,18-,20-/m0/s1. The maximum atomic E-state index is 6.46. The molecule has 4 rings (SSSR count). The molecule has 3 atom stereocenters. The Bertz CT molecular complexity index is 738.